The summed E-state index contributed by atoms with van der Waals surface area (Å²) in [6.45, 7) is 0.692. The van der Waals surface area contributed by atoms with E-state index in [-0.39, 0.29) is 11.7 Å². The molecule has 1 aliphatic rings. The summed E-state index contributed by atoms with van der Waals surface area (Å²) in [5.74, 6) is 0.00338. The molecule has 1 fully saturated rings. The molecule has 2 rings (SSSR count). The molecule has 0 atom stereocenters. The number of carbonyl (C=O) groups excluding carboxylic acids is 1. The van der Waals surface area contributed by atoms with Crippen molar-refractivity contribution in [2.75, 3.05) is 11.9 Å². The molecule has 0 spiro atoms. The fourth-order valence-corrected chi connectivity index (χ4v) is 2.43. The normalized spacial score (nSPS) is 15.4. The molecule has 0 heterocycles. The predicted octanol–water partition coefficient (Wildman–Crippen LogP) is 2.78. The first-order valence-electron chi connectivity index (χ1n) is 5.89. The average molecular weight is 298 g/mol. The molecule has 0 bridgehead atoms. The second-order valence-electron chi connectivity index (χ2n) is 4.29. The van der Waals surface area contributed by atoms with Gasteiger partial charge in [0, 0.05) is 17.9 Å². The van der Waals surface area contributed by atoms with Crippen LogP contribution in [0.3, 0.4) is 0 Å². The zero-order chi connectivity index (χ0) is 12.3. The number of benzene rings is 1. The van der Waals surface area contributed by atoms with E-state index in [4.69, 9.17) is 0 Å². The van der Waals surface area contributed by atoms with Gasteiger partial charge in [-0.2, -0.15) is 0 Å². The lowest BCUT2D eigenvalue weighted by molar-refractivity contribution is 0.0596. The van der Waals surface area contributed by atoms with E-state index in [1.165, 1.54) is 6.42 Å². The minimum absolute atomic E-state index is 0.0627. The summed E-state index contributed by atoms with van der Waals surface area (Å²) >= 11 is 3.37. The van der Waals surface area contributed by atoms with Gasteiger partial charge in [-0.05, 0) is 31.4 Å². The summed E-state index contributed by atoms with van der Waals surface area (Å²) in [7, 11) is 0. The summed E-state index contributed by atoms with van der Waals surface area (Å²) < 4.78 is 0. The standard InChI is InChI=1S/C13H16BrNO2/c14-8-9-15(10-4-3-5-10)13(17)11-6-1-2-7-12(11)16/h1-2,6-7,10,16H,3-5,8-9H2. The van der Waals surface area contributed by atoms with E-state index >= 15 is 0 Å². The Labute approximate surface area is 110 Å². The van der Waals surface area contributed by atoms with Gasteiger partial charge >= 0.3 is 0 Å². The van der Waals surface area contributed by atoms with E-state index in [9.17, 15) is 9.90 Å². The predicted molar refractivity (Wildman–Crippen MR) is 70.6 cm³/mol. The first-order valence-corrected chi connectivity index (χ1v) is 7.01. The number of phenols is 1. The highest BCUT2D eigenvalue weighted by Gasteiger charge is 2.29. The molecule has 3 nitrogen and oxygen atoms in total. The molecule has 1 N–H and O–H groups in total. The van der Waals surface area contributed by atoms with Gasteiger partial charge in [0.1, 0.15) is 5.75 Å². The Morgan fingerprint density at radius 3 is 2.65 bits per heavy atom. The second kappa shape index (κ2) is 5.54. The monoisotopic (exact) mass is 297 g/mol. The van der Waals surface area contributed by atoms with Crippen LogP contribution in [0.15, 0.2) is 24.3 Å². The highest BCUT2D eigenvalue weighted by atomic mass is 79.9. The number of nitrogens with zero attached hydrogens (tertiary/aromatic N) is 1. The summed E-state index contributed by atoms with van der Waals surface area (Å²) in [5, 5.41) is 10.5. The molecular formula is C13H16BrNO2. The topological polar surface area (TPSA) is 40.5 Å². The van der Waals surface area contributed by atoms with Gasteiger partial charge in [0.2, 0.25) is 0 Å². The SMILES string of the molecule is O=C(c1ccccc1O)N(CCBr)C1CCC1. The van der Waals surface area contributed by atoms with Crippen molar-refractivity contribution in [2.24, 2.45) is 0 Å². The number of para-hydroxylation sites is 1. The van der Waals surface area contributed by atoms with Crippen LogP contribution in [0.1, 0.15) is 29.6 Å². The summed E-state index contributed by atoms with van der Waals surface area (Å²) in [6, 6.07) is 7.09. The van der Waals surface area contributed by atoms with Crippen molar-refractivity contribution in [3.8, 4) is 5.75 Å². The molecule has 1 aliphatic carbocycles. The highest BCUT2D eigenvalue weighted by molar-refractivity contribution is 9.09. The van der Waals surface area contributed by atoms with Gasteiger partial charge in [0.05, 0.1) is 5.56 Å². The number of aromatic hydroxyl groups is 1. The number of alkyl halides is 1. The summed E-state index contributed by atoms with van der Waals surface area (Å²) in [4.78, 5) is 14.2. The van der Waals surface area contributed by atoms with Crippen LogP contribution in [-0.2, 0) is 0 Å². The van der Waals surface area contributed by atoms with Crippen molar-refractivity contribution >= 4 is 21.8 Å². The van der Waals surface area contributed by atoms with Gasteiger partial charge < -0.3 is 10.0 Å². The van der Waals surface area contributed by atoms with Gasteiger partial charge in [-0.3, -0.25) is 4.79 Å². The Bertz CT molecular complexity index is 404. The molecule has 17 heavy (non-hydrogen) atoms. The smallest absolute Gasteiger partial charge is 0.257 e. The molecule has 0 aromatic heterocycles. The minimum atomic E-state index is -0.0627. The fourth-order valence-electron chi connectivity index (χ4n) is 2.05. The Morgan fingerprint density at radius 1 is 1.41 bits per heavy atom. The van der Waals surface area contributed by atoms with Crippen LogP contribution in [0.4, 0.5) is 0 Å². The van der Waals surface area contributed by atoms with E-state index in [0.717, 1.165) is 18.2 Å². The number of phenolic OH excluding ortho intramolecular Hbond substituents is 1. The molecule has 0 unspecified atom stereocenters. The number of hydrogen-bond acceptors (Lipinski definition) is 2. The number of halogens is 1. The molecule has 1 saturated carbocycles. The molecule has 0 radical (unpaired) electrons. The molecular weight excluding hydrogens is 282 g/mol. The van der Waals surface area contributed by atoms with Crippen LogP contribution in [0.25, 0.3) is 0 Å². The van der Waals surface area contributed by atoms with Gasteiger partial charge in [-0.1, -0.05) is 28.1 Å². The highest BCUT2D eigenvalue weighted by Crippen LogP contribution is 2.28. The molecule has 1 aromatic rings. The van der Waals surface area contributed by atoms with E-state index in [1.807, 2.05) is 4.90 Å². The van der Waals surface area contributed by atoms with Crippen molar-refractivity contribution in [2.45, 2.75) is 25.3 Å². The maximum Gasteiger partial charge on any atom is 0.257 e. The van der Waals surface area contributed by atoms with Gasteiger partial charge in [0.25, 0.3) is 5.91 Å². The summed E-state index contributed by atoms with van der Waals surface area (Å²) in [5.41, 5.74) is 0.403. The Balaban J connectivity index is 2.18. The number of rotatable bonds is 4. The van der Waals surface area contributed by atoms with Crippen LogP contribution in [0.2, 0.25) is 0 Å². The lowest BCUT2D eigenvalue weighted by Gasteiger charge is -2.37. The molecule has 92 valence electrons. The van der Waals surface area contributed by atoms with Crippen LogP contribution in [0, 0.1) is 0 Å². The van der Waals surface area contributed by atoms with E-state index in [0.29, 0.717) is 18.2 Å². The van der Waals surface area contributed by atoms with Crippen molar-refractivity contribution < 1.29 is 9.90 Å². The third-order valence-electron chi connectivity index (χ3n) is 3.24. The molecule has 4 heteroatoms. The number of carbonyl (C=O) groups is 1. The lowest BCUT2D eigenvalue weighted by Crippen LogP contribution is -2.45. The first-order chi connectivity index (χ1) is 8.24. The largest absolute Gasteiger partial charge is 0.507 e. The zero-order valence-corrected chi connectivity index (χ0v) is 11.2. The second-order valence-corrected chi connectivity index (χ2v) is 5.08. The third kappa shape index (κ3) is 2.63. The van der Waals surface area contributed by atoms with Gasteiger partial charge in [0.15, 0.2) is 0 Å². The van der Waals surface area contributed by atoms with Crippen LogP contribution in [0.5, 0.6) is 5.75 Å². The molecule has 0 aliphatic heterocycles. The van der Waals surface area contributed by atoms with Crippen molar-refractivity contribution in [3.63, 3.8) is 0 Å². The minimum Gasteiger partial charge on any atom is -0.507 e. The number of amides is 1. The quantitative estimate of drug-likeness (QED) is 0.868. The van der Waals surface area contributed by atoms with Crippen LogP contribution >= 0.6 is 15.9 Å². The average Bonchev–Trinajstić information content (AvgIpc) is 2.26. The Morgan fingerprint density at radius 2 is 2.12 bits per heavy atom. The van der Waals surface area contributed by atoms with Crippen molar-refractivity contribution in [1.82, 2.24) is 4.90 Å². The zero-order valence-electron chi connectivity index (χ0n) is 9.60. The molecule has 0 saturated heterocycles. The van der Waals surface area contributed by atoms with Crippen molar-refractivity contribution in [3.05, 3.63) is 29.8 Å². The Hall–Kier alpha value is -1.03. The lowest BCUT2D eigenvalue weighted by atomic mass is 9.91. The maximum atomic E-state index is 12.3. The van der Waals surface area contributed by atoms with E-state index < -0.39 is 0 Å². The molecule has 1 amide bonds. The third-order valence-corrected chi connectivity index (χ3v) is 3.59. The van der Waals surface area contributed by atoms with Gasteiger partial charge in [-0.15, -0.1) is 0 Å². The van der Waals surface area contributed by atoms with Gasteiger partial charge in [-0.25, -0.2) is 0 Å². The Kier molecular flexibility index (Phi) is 4.05. The maximum absolute atomic E-state index is 12.3. The first kappa shape index (κ1) is 12.4. The summed E-state index contributed by atoms with van der Waals surface area (Å²) in [6.07, 6.45) is 3.34. The molecule has 1 aromatic carbocycles. The van der Waals surface area contributed by atoms with E-state index in [1.54, 1.807) is 24.3 Å². The van der Waals surface area contributed by atoms with Crippen LogP contribution < -0.4 is 0 Å². The van der Waals surface area contributed by atoms with Crippen molar-refractivity contribution in [1.29, 1.82) is 0 Å². The van der Waals surface area contributed by atoms with Crippen LogP contribution in [-0.4, -0.2) is 33.8 Å². The fraction of sp³-hybridized carbons (Fsp3) is 0.462. The van der Waals surface area contributed by atoms with E-state index in [2.05, 4.69) is 15.9 Å². The number of hydrogen-bond donors (Lipinski definition) is 1.